The van der Waals surface area contributed by atoms with E-state index in [2.05, 4.69) is 16.9 Å². The standard InChI is InChI=1S/C25H30FN3O3S/c1-15(12-29-13-18(11-27-29)25-31-16(2)32-25)20-14-28(10-9-22(20)33)23(24(30)17-7-8-17)19-5-3-4-6-21(19)26/h3-6,11,13,16-17,22-23,25,33H,7-10,12,14H2,1-2H3/b20-15+. The van der Waals surface area contributed by atoms with Crippen LogP contribution >= 0.6 is 12.6 Å². The molecule has 8 heteroatoms. The van der Waals surface area contributed by atoms with Crippen LogP contribution < -0.4 is 0 Å². The van der Waals surface area contributed by atoms with Gasteiger partial charge in [0, 0.05) is 41.6 Å². The number of carbonyl (C=O) groups is 1. The fourth-order valence-corrected chi connectivity index (χ4v) is 5.19. The highest BCUT2D eigenvalue weighted by atomic mass is 32.1. The lowest BCUT2D eigenvalue weighted by Gasteiger charge is -2.38. The molecule has 2 unspecified atom stereocenters. The Labute approximate surface area is 199 Å². The lowest BCUT2D eigenvalue weighted by atomic mass is 9.92. The number of hydrogen-bond acceptors (Lipinski definition) is 6. The second-order valence-corrected chi connectivity index (χ2v) is 9.95. The van der Waals surface area contributed by atoms with Crippen LogP contribution in [0.15, 0.2) is 47.8 Å². The summed E-state index contributed by atoms with van der Waals surface area (Å²) in [6.07, 6.45) is 5.80. The number of thiol groups is 1. The quantitative estimate of drug-likeness (QED) is 0.478. The smallest absolute Gasteiger partial charge is 0.192 e. The molecule has 2 aromatic rings. The molecule has 176 valence electrons. The van der Waals surface area contributed by atoms with Crippen molar-refractivity contribution in [2.24, 2.45) is 5.92 Å². The second-order valence-electron chi connectivity index (χ2n) is 9.32. The number of halogens is 1. The first-order chi connectivity index (χ1) is 15.9. The summed E-state index contributed by atoms with van der Waals surface area (Å²) in [5.74, 6) is -0.121. The number of likely N-dealkylation sites (tertiary alicyclic amines) is 1. The highest BCUT2D eigenvalue weighted by Gasteiger charge is 2.41. The SMILES string of the molecule is C/C(Cn1cc(C2OC(C)O2)cn1)=C1/CN(C(C(=O)C2CC2)c2ccccc2F)CCC1S. The van der Waals surface area contributed by atoms with Crippen LogP contribution in [-0.4, -0.2) is 45.1 Å². The predicted molar refractivity (Wildman–Crippen MR) is 125 cm³/mol. The van der Waals surface area contributed by atoms with Crippen molar-refractivity contribution in [1.29, 1.82) is 0 Å². The predicted octanol–water partition coefficient (Wildman–Crippen LogP) is 4.45. The summed E-state index contributed by atoms with van der Waals surface area (Å²) < 4.78 is 27.7. The molecule has 3 aliphatic rings. The first kappa shape index (κ1) is 22.8. The fraction of sp³-hybridized carbons (Fsp3) is 0.520. The third kappa shape index (κ3) is 4.80. The molecule has 3 fully saturated rings. The summed E-state index contributed by atoms with van der Waals surface area (Å²) in [4.78, 5) is 15.4. The first-order valence-electron chi connectivity index (χ1n) is 11.6. The number of carbonyl (C=O) groups excluding carboxylic acids is 1. The fourth-order valence-electron chi connectivity index (χ4n) is 4.77. The van der Waals surface area contributed by atoms with Crippen LogP contribution in [0.4, 0.5) is 4.39 Å². The Morgan fingerprint density at radius 1 is 1.27 bits per heavy atom. The van der Waals surface area contributed by atoms with Crippen molar-refractivity contribution in [2.75, 3.05) is 13.1 Å². The van der Waals surface area contributed by atoms with Gasteiger partial charge in [-0.05, 0) is 44.7 Å². The summed E-state index contributed by atoms with van der Waals surface area (Å²) in [7, 11) is 0. The number of benzene rings is 1. The van der Waals surface area contributed by atoms with E-state index < -0.39 is 6.04 Å². The molecule has 3 heterocycles. The van der Waals surface area contributed by atoms with Crippen LogP contribution in [0.3, 0.4) is 0 Å². The van der Waals surface area contributed by atoms with Crippen molar-refractivity contribution >= 4 is 18.4 Å². The number of allylic oxidation sites excluding steroid dienone is 1. The summed E-state index contributed by atoms with van der Waals surface area (Å²) in [5.41, 5.74) is 3.71. The van der Waals surface area contributed by atoms with Gasteiger partial charge in [-0.2, -0.15) is 17.7 Å². The maximum Gasteiger partial charge on any atom is 0.192 e. The Morgan fingerprint density at radius 2 is 2.03 bits per heavy atom. The van der Waals surface area contributed by atoms with Gasteiger partial charge in [-0.1, -0.05) is 23.8 Å². The van der Waals surface area contributed by atoms with Crippen molar-refractivity contribution in [2.45, 2.75) is 63.5 Å². The van der Waals surface area contributed by atoms with Crippen molar-refractivity contribution in [3.63, 3.8) is 0 Å². The van der Waals surface area contributed by atoms with Gasteiger partial charge in [0.15, 0.2) is 18.4 Å². The molecule has 6 nitrogen and oxygen atoms in total. The number of ether oxygens (including phenoxy) is 2. The highest BCUT2D eigenvalue weighted by Crippen LogP contribution is 2.40. The minimum absolute atomic E-state index is 0.0537. The van der Waals surface area contributed by atoms with Crippen LogP contribution in [0, 0.1) is 11.7 Å². The lowest BCUT2D eigenvalue weighted by molar-refractivity contribution is -0.382. The minimum atomic E-state index is -0.548. The number of aromatic nitrogens is 2. The van der Waals surface area contributed by atoms with Gasteiger partial charge in [0.2, 0.25) is 0 Å². The molecule has 5 rings (SSSR count). The monoisotopic (exact) mass is 471 g/mol. The average molecular weight is 472 g/mol. The Hall–Kier alpha value is -2.00. The summed E-state index contributed by atoms with van der Waals surface area (Å²) in [5, 5.41) is 4.56. The molecule has 1 aromatic carbocycles. The Bertz CT molecular complexity index is 1060. The van der Waals surface area contributed by atoms with Crippen LogP contribution in [0.1, 0.15) is 56.6 Å². The zero-order chi connectivity index (χ0) is 23.1. The van der Waals surface area contributed by atoms with Gasteiger partial charge in [0.1, 0.15) is 5.82 Å². The number of piperidine rings is 1. The number of hydrogen-bond donors (Lipinski definition) is 1. The zero-order valence-corrected chi connectivity index (χ0v) is 19.9. The number of ketones is 1. The van der Waals surface area contributed by atoms with E-state index in [1.54, 1.807) is 18.3 Å². The molecule has 33 heavy (non-hydrogen) atoms. The summed E-state index contributed by atoms with van der Waals surface area (Å²) in [6.45, 7) is 5.87. The average Bonchev–Trinajstić information content (AvgIpc) is 3.53. The zero-order valence-electron chi connectivity index (χ0n) is 19.0. The van der Waals surface area contributed by atoms with Crippen molar-refractivity contribution in [3.05, 3.63) is 64.7 Å². The van der Waals surface area contributed by atoms with E-state index in [1.165, 1.54) is 11.6 Å². The Morgan fingerprint density at radius 3 is 2.73 bits per heavy atom. The molecule has 0 N–H and O–H groups in total. The molecule has 0 spiro atoms. The largest absolute Gasteiger partial charge is 0.319 e. The molecule has 0 radical (unpaired) electrons. The molecule has 1 aliphatic carbocycles. The molecule has 0 bridgehead atoms. The molecular formula is C25H30FN3O3S. The van der Waals surface area contributed by atoms with E-state index >= 15 is 0 Å². The molecule has 2 atom stereocenters. The summed E-state index contributed by atoms with van der Waals surface area (Å²) >= 11 is 4.84. The van der Waals surface area contributed by atoms with Gasteiger partial charge in [0.25, 0.3) is 0 Å². The Kier molecular flexibility index (Phi) is 6.44. The molecule has 2 aliphatic heterocycles. The molecule has 2 saturated heterocycles. The van der Waals surface area contributed by atoms with Crippen LogP contribution in [0.25, 0.3) is 0 Å². The van der Waals surface area contributed by atoms with E-state index in [-0.39, 0.29) is 35.3 Å². The third-order valence-corrected chi connectivity index (χ3v) is 7.35. The van der Waals surface area contributed by atoms with Gasteiger partial charge in [0.05, 0.1) is 18.8 Å². The van der Waals surface area contributed by atoms with Crippen molar-refractivity contribution in [1.82, 2.24) is 14.7 Å². The van der Waals surface area contributed by atoms with Crippen molar-refractivity contribution < 1.29 is 18.7 Å². The van der Waals surface area contributed by atoms with Crippen LogP contribution in [-0.2, 0) is 20.8 Å². The molecular weight excluding hydrogens is 441 g/mol. The highest BCUT2D eigenvalue weighted by molar-refractivity contribution is 7.81. The lowest BCUT2D eigenvalue weighted by Crippen LogP contribution is -2.43. The maximum atomic E-state index is 14.7. The first-order valence-corrected chi connectivity index (χ1v) is 12.1. The van der Waals surface area contributed by atoms with Gasteiger partial charge >= 0.3 is 0 Å². The van der Waals surface area contributed by atoms with E-state index in [4.69, 9.17) is 22.1 Å². The molecule has 1 aromatic heterocycles. The summed E-state index contributed by atoms with van der Waals surface area (Å²) in [6, 6.07) is 6.13. The van der Waals surface area contributed by atoms with E-state index in [1.807, 2.05) is 23.9 Å². The van der Waals surface area contributed by atoms with Gasteiger partial charge < -0.3 is 9.47 Å². The topological polar surface area (TPSA) is 56.6 Å². The van der Waals surface area contributed by atoms with Gasteiger partial charge in [-0.15, -0.1) is 0 Å². The van der Waals surface area contributed by atoms with Crippen LogP contribution in [0.2, 0.25) is 0 Å². The van der Waals surface area contributed by atoms with E-state index in [9.17, 15) is 9.18 Å². The van der Waals surface area contributed by atoms with Gasteiger partial charge in [-0.3, -0.25) is 14.4 Å². The van der Waals surface area contributed by atoms with Crippen molar-refractivity contribution in [3.8, 4) is 0 Å². The second kappa shape index (κ2) is 9.33. The molecule has 1 saturated carbocycles. The van der Waals surface area contributed by atoms with Gasteiger partial charge in [-0.25, -0.2) is 4.39 Å². The third-order valence-electron chi connectivity index (χ3n) is 6.78. The van der Waals surface area contributed by atoms with E-state index in [0.717, 1.165) is 30.4 Å². The minimum Gasteiger partial charge on any atom is -0.319 e. The number of Topliss-reactive ketones (excluding diaryl/α,β-unsaturated/α-hetero) is 1. The Balaban J connectivity index is 1.36. The van der Waals surface area contributed by atoms with E-state index in [0.29, 0.717) is 25.2 Å². The van der Waals surface area contributed by atoms with Crippen LogP contribution in [0.5, 0.6) is 0 Å². The normalized spacial score (nSPS) is 28.3. The molecule has 0 amide bonds. The number of nitrogens with zero attached hydrogens (tertiary/aromatic N) is 3. The number of rotatable bonds is 7. The maximum absolute atomic E-state index is 14.7.